The van der Waals surface area contributed by atoms with Gasteiger partial charge in [0.15, 0.2) is 13.6 Å². The Kier molecular flexibility index (Phi) is 10.8. The van der Waals surface area contributed by atoms with Crippen molar-refractivity contribution in [2.45, 2.75) is 12.2 Å². The Morgan fingerprint density at radius 1 is 0.690 bits per heavy atom. The zero-order valence-electron chi connectivity index (χ0n) is 23.0. The largest absolute Gasteiger partial charge is 0.468 e. The van der Waals surface area contributed by atoms with Crippen LogP contribution in [-0.4, -0.2) is 64.9 Å². The van der Waals surface area contributed by atoms with Gasteiger partial charge in [0, 0.05) is 11.8 Å². The number of anilines is 1. The van der Waals surface area contributed by atoms with Gasteiger partial charge in [-0.2, -0.15) is 0 Å². The topological polar surface area (TPSA) is 110 Å². The van der Waals surface area contributed by atoms with Crippen LogP contribution >= 0.6 is 0 Å². The predicted molar refractivity (Wildman–Crippen MR) is 155 cm³/mol. The van der Waals surface area contributed by atoms with E-state index in [4.69, 9.17) is 37.9 Å². The molecule has 3 aromatic rings. The molecule has 2 unspecified atom stereocenters. The minimum atomic E-state index is -0.246. The van der Waals surface area contributed by atoms with Crippen LogP contribution in [0, 0.1) is 0 Å². The highest BCUT2D eigenvalue weighted by Gasteiger charge is 2.22. The van der Waals surface area contributed by atoms with Crippen molar-refractivity contribution in [3.63, 3.8) is 0 Å². The van der Waals surface area contributed by atoms with Crippen LogP contribution in [0.5, 0.6) is 17.2 Å². The van der Waals surface area contributed by atoms with E-state index in [1.807, 2.05) is 54.6 Å². The monoisotopic (exact) mass is 575 g/mol. The Morgan fingerprint density at radius 2 is 1.17 bits per heavy atom. The third-order valence-corrected chi connectivity index (χ3v) is 5.99. The lowest BCUT2D eigenvalue weighted by Gasteiger charge is -2.08. The zero-order valence-corrected chi connectivity index (χ0v) is 23.0. The molecule has 2 heterocycles. The van der Waals surface area contributed by atoms with Gasteiger partial charge in [0.1, 0.15) is 29.5 Å². The average molecular weight is 576 g/mol. The Bertz CT molecular complexity index is 1300. The molecular weight excluding hydrogens is 542 g/mol. The number of rotatable bonds is 18. The molecule has 0 aliphatic carbocycles. The first-order valence-corrected chi connectivity index (χ1v) is 13.5. The molecule has 42 heavy (non-hydrogen) atoms. The van der Waals surface area contributed by atoms with Crippen molar-refractivity contribution in [3.05, 3.63) is 96.3 Å². The minimum Gasteiger partial charge on any atom is -0.468 e. The van der Waals surface area contributed by atoms with Crippen molar-refractivity contribution < 1.29 is 42.7 Å². The van der Waals surface area contributed by atoms with E-state index in [2.05, 4.69) is 5.32 Å². The van der Waals surface area contributed by atoms with E-state index in [0.29, 0.717) is 30.4 Å². The molecule has 2 aliphatic heterocycles. The van der Waals surface area contributed by atoms with Crippen LogP contribution in [0.3, 0.4) is 0 Å². The summed E-state index contributed by atoms with van der Waals surface area (Å²) in [5, 5.41) is 2.82. The summed E-state index contributed by atoms with van der Waals surface area (Å²) in [5.41, 5.74) is 2.47. The smallest absolute Gasteiger partial charge is 0.248 e. The van der Waals surface area contributed by atoms with E-state index < -0.39 is 0 Å². The molecular formula is C32H33NO9. The lowest BCUT2D eigenvalue weighted by atomic mass is 10.2. The molecule has 0 radical (unpaired) electrons. The van der Waals surface area contributed by atoms with Gasteiger partial charge in [0.2, 0.25) is 12.7 Å². The van der Waals surface area contributed by atoms with Crippen LogP contribution in [-0.2, 0) is 28.5 Å². The van der Waals surface area contributed by atoms with Gasteiger partial charge in [-0.1, -0.05) is 24.3 Å². The fraction of sp³-hybridized carbons (Fsp3) is 0.281. The fourth-order valence-electron chi connectivity index (χ4n) is 3.52. The Labute approximate surface area is 244 Å². The average Bonchev–Trinajstić information content (AvgIpc) is 3.95. The number of carbonyl (C=O) groups excluding carboxylic acids is 1. The van der Waals surface area contributed by atoms with Crippen molar-refractivity contribution in [1.29, 1.82) is 0 Å². The van der Waals surface area contributed by atoms with E-state index in [1.54, 1.807) is 36.6 Å². The second-order valence-corrected chi connectivity index (χ2v) is 9.39. The maximum atomic E-state index is 12.3. The molecule has 1 amide bonds. The summed E-state index contributed by atoms with van der Waals surface area (Å²) in [6.07, 6.45) is 7.03. The summed E-state index contributed by atoms with van der Waals surface area (Å²) in [6.45, 7) is 3.03. The van der Waals surface area contributed by atoms with Gasteiger partial charge < -0.3 is 43.2 Å². The highest BCUT2D eigenvalue weighted by Crippen LogP contribution is 2.18. The fourth-order valence-corrected chi connectivity index (χ4v) is 3.52. The Morgan fingerprint density at radius 3 is 1.69 bits per heavy atom. The molecule has 2 fully saturated rings. The molecule has 5 rings (SSSR count). The van der Waals surface area contributed by atoms with Crippen molar-refractivity contribution in [3.8, 4) is 17.2 Å². The third kappa shape index (κ3) is 10.9. The first-order chi connectivity index (χ1) is 20.7. The molecule has 10 nitrogen and oxygen atoms in total. The molecule has 2 saturated heterocycles. The molecule has 3 aromatic carbocycles. The number of nitrogens with one attached hydrogen (secondary N) is 1. The molecule has 0 bridgehead atoms. The van der Waals surface area contributed by atoms with E-state index in [9.17, 15) is 4.79 Å². The molecule has 1 N–H and O–H groups in total. The summed E-state index contributed by atoms with van der Waals surface area (Å²) in [4.78, 5) is 12.3. The number of amides is 1. The first-order valence-electron chi connectivity index (χ1n) is 13.5. The van der Waals surface area contributed by atoms with Gasteiger partial charge in [0.25, 0.3) is 0 Å². The molecule has 2 aliphatic rings. The Hall–Kier alpha value is -4.35. The third-order valence-electron chi connectivity index (χ3n) is 5.99. The SMILES string of the molecule is O=C(/C=C/c1ccc(OCOCC2CO2)cc1)Nc1ccc(OCO/C=C/c2ccc(OCOCC3CO3)cc2)cc1. The molecule has 0 saturated carbocycles. The maximum absolute atomic E-state index is 12.3. The first kappa shape index (κ1) is 29.2. The van der Waals surface area contributed by atoms with Crippen molar-refractivity contribution >= 4 is 23.7 Å². The number of carbonyl (C=O) groups is 1. The standard InChI is InChI=1S/C32H33NO9/c34-32(14-5-24-1-8-27(9-2-24)41-22-36-17-30-19-38-30)33-26-6-12-29(13-7-26)40-21-35-16-15-25-3-10-28(11-4-25)42-23-37-18-31-20-39-31/h1-16,30-31H,17-23H2,(H,33,34)/b14-5+,16-15+. The summed E-state index contributed by atoms with van der Waals surface area (Å²) in [6, 6.07) is 22.0. The van der Waals surface area contributed by atoms with Crippen molar-refractivity contribution in [1.82, 2.24) is 0 Å². The van der Waals surface area contributed by atoms with Crippen molar-refractivity contribution in [2.75, 3.05) is 52.1 Å². The number of hydrogen-bond acceptors (Lipinski definition) is 9. The van der Waals surface area contributed by atoms with Crippen LogP contribution in [0.4, 0.5) is 5.69 Å². The number of benzene rings is 3. The van der Waals surface area contributed by atoms with Crippen LogP contribution in [0.15, 0.2) is 85.1 Å². The van der Waals surface area contributed by atoms with E-state index in [0.717, 1.165) is 30.1 Å². The second kappa shape index (κ2) is 15.6. The van der Waals surface area contributed by atoms with Gasteiger partial charge in [-0.05, 0) is 71.8 Å². The summed E-state index contributed by atoms with van der Waals surface area (Å²) in [7, 11) is 0. The normalized spacial score (nSPS) is 17.2. The number of epoxide rings is 2. The minimum absolute atomic E-state index is 0.0421. The molecule has 0 spiro atoms. The van der Waals surface area contributed by atoms with Gasteiger partial charge in [0.05, 0.1) is 32.7 Å². The van der Waals surface area contributed by atoms with E-state index in [1.165, 1.54) is 6.08 Å². The highest BCUT2D eigenvalue weighted by atomic mass is 16.7. The number of hydrogen-bond donors (Lipinski definition) is 1. The lowest BCUT2D eigenvalue weighted by Crippen LogP contribution is -2.08. The quantitative estimate of drug-likeness (QED) is 0.0747. The van der Waals surface area contributed by atoms with E-state index in [-0.39, 0.29) is 38.5 Å². The predicted octanol–water partition coefficient (Wildman–Crippen LogP) is 4.87. The van der Waals surface area contributed by atoms with Crippen molar-refractivity contribution in [2.24, 2.45) is 0 Å². The maximum Gasteiger partial charge on any atom is 0.248 e. The van der Waals surface area contributed by atoms with Gasteiger partial charge in [-0.15, -0.1) is 0 Å². The molecule has 10 heteroatoms. The molecule has 2 atom stereocenters. The van der Waals surface area contributed by atoms with Crippen LogP contribution in [0.1, 0.15) is 11.1 Å². The second-order valence-electron chi connectivity index (χ2n) is 9.39. The zero-order chi connectivity index (χ0) is 28.8. The van der Waals surface area contributed by atoms with Gasteiger partial charge in [-0.3, -0.25) is 4.79 Å². The van der Waals surface area contributed by atoms with E-state index >= 15 is 0 Å². The van der Waals surface area contributed by atoms with Crippen LogP contribution in [0.25, 0.3) is 12.2 Å². The number of ether oxygens (including phenoxy) is 8. The van der Waals surface area contributed by atoms with Gasteiger partial charge >= 0.3 is 0 Å². The van der Waals surface area contributed by atoms with Crippen LogP contribution in [0.2, 0.25) is 0 Å². The lowest BCUT2D eigenvalue weighted by molar-refractivity contribution is -0.111. The van der Waals surface area contributed by atoms with Gasteiger partial charge in [-0.25, -0.2) is 0 Å². The Balaban J connectivity index is 0.945. The van der Waals surface area contributed by atoms with Crippen LogP contribution < -0.4 is 19.5 Å². The molecule has 0 aromatic heterocycles. The summed E-state index contributed by atoms with van der Waals surface area (Å²) < 4.78 is 42.9. The highest BCUT2D eigenvalue weighted by molar-refractivity contribution is 6.01. The summed E-state index contributed by atoms with van der Waals surface area (Å²) >= 11 is 0. The summed E-state index contributed by atoms with van der Waals surface area (Å²) in [5.74, 6) is 1.78. The molecule has 220 valence electrons.